The summed E-state index contributed by atoms with van der Waals surface area (Å²) in [4.78, 5) is 27.7. The molecule has 1 N–H and O–H groups in total. The molecule has 0 aliphatic heterocycles. The molecular formula is C24H31BrN2O2. The summed E-state index contributed by atoms with van der Waals surface area (Å²) >= 11 is 3.48. The number of halogens is 1. The van der Waals surface area contributed by atoms with Crippen molar-refractivity contribution < 1.29 is 9.59 Å². The van der Waals surface area contributed by atoms with Crippen LogP contribution in [0.5, 0.6) is 0 Å². The summed E-state index contributed by atoms with van der Waals surface area (Å²) in [6, 6.07) is 13.4. The first-order valence-corrected chi connectivity index (χ1v) is 10.9. The predicted octanol–water partition coefficient (Wildman–Crippen LogP) is 4.94. The Kier molecular flexibility index (Phi) is 8.45. The van der Waals surface area contributed by atoms with E-state index < -0.39 is 6.04 Å². The van der Waals surface area contributed by atoms with E-state index in [9.17, 15) is 9.59 Å². The standard InChI is InChI=1S/C24H31BrN2O2/c1-6-18(4)26-24(29)19(5)27(15-21-8-7-9-22(25)13-21)23(28)14-20-11-10-16(2)17(3)12-20/h7-13,18-19H,6,14-15H2,1-5H3,(H,26,29)/t18-,19+/m0/s1. The van der Waals surface area contributed by atoms with Crippen LogP contribution in [0.25, 0.3) is 0 Å². The Morgan fingerprint density at radius 1 is 1.03 bits per heavy atom. The van der Waals surface area contributed by atoms with Crippen LogP contribution >= 0.6 is 15.9 Å². The minimum Gasteiger partial charge on any atom is -0.352 e. The van der Waals surface area contributed by atoms with Crippen LogP contribution in [0.3, 0.4) is 0 Å². The summed E-state index contributed by atoms with van der Waals surface area (Å²) in [5.74, 6) is -0.178. The van der Waals surface area contributed by atoms with Gasteiger partial charge in [-0.2, -0.15) is 0 Å². The zero-order chi connectivity index (χ0) is 21.6. The van der Waals surface area contributed by atoms with Crippen LogP contribution in [0, 0.1) is 13.8 Å². The monoisotopic (exact) mass is 458 g/mol. The number of hydrogen-bond donors (Lipinski definition) is 1. The number of nitrogens with one attached hydrogen (secondary N) is 1. The van der Waals surface area contributed by atoms with Crippen LogP contribution in [-0.4, -0.2) is 28.8 Å². The lowest BCUT2D eigenvalue weighted by molar-refractivity contribution is -0.140. The van der Waals surface area contributed by atoms with Crippen LogP contribution in [0.2, 0.25) is 0 Å². The van der Waals surface area contributed by atoms with Crippen LogP contribution in [-0.2, 0) is 22.6 Å². The van der Waals surface area contributed by atoms with E-state index in [0.29, 0.717) is 6.54 Å². The minimum atomic E-state index is -0.554. The lowest BCUT2D eigenvalue weighted by atomic mass is 10.0. The number of nitrogens with zero attached hydrogens (tertiary/aromatic N) is 1. The average molecular weight is 459 g/mol. The van der Waals surface area contributed by atoms with Gasteiger partial charge in [0, 0.05) is 17.1 Å². The fraction of sp³-hybridized carbons (Fsp3) is 0.417. The van der Waals surface area contributed by atoms with E-state index in [4.69, 9.17) is 0 Å². The highest BCUT2D eigenvalue weighted by molar-refractivity contribution is 9.10. The van der Waals surface area contributed by atoms with Gasteiger partial charge in [-0.1, -0.05) is 53.2 Å². The first-order valence-electron chi connectivity index (χ1n) is 10.1. The van der Waals surface area contributed by atoms with E-state index in [-0.39, 0.29) is 24.3 Å². The number of hydrogen-bond acceptors (Lipinski definition) is 2. The van der Waals surface area contributed by atoms with Crippen LogP contribution in [0.4, 0.5) is 0 Å². The number of aryl methyl sites for hydroxylation is 2. The van der Waals surface area contributed by atoms with E-state index in [0.717, 1.165) is 27.6 Å². The second-order valence-corrected chi connectivity index (χ2v) is 8.66. The summed E-state index contributed by atoms with van der Waals surface area (Å²) < 4.78 is 0.952. The molecule has 29 heavy (non-hydrogen) atoms. The molecule has 0 bridgehead atoms. The molecule has 2 rings (SSSR count). The molecule has 0 aliphatic rings. The van der Waals surface area contributed by atoms with Gasteiger partial charge in [0.1, 0.15) is 6.04 Å². The molecule has 0 spiro atoms. The zero-order valence-electron chi connectivity index (χ0n) is 18.0. The molecule has 0 saturated heterocycles. The molecule has 0 fully saturated rings. The van der Waals surface area contributed by atoms with Crippen molar-refractivity contribution in [1.29, 1.82) is 0 Å². The van der Waals surface area contributed by atoms with Crippen molar-refractivity contribution in [3.8, 4) is 0 Å². The highest BCUT2D eigenvalue weighted by Crippen LogP contribution is 2.17. The summed E-state index contributed by atoms with van der Waals surface area (Å²) in [5.41, 5.74) is 4.31. The molecule has 2 atom stereocenters. The molecule has 2 amide bonds. The molecule has 0 unspecified atom stereocenters. The number of carbonyl (C=O) groups is 2. The number of carbonyl (C=O) groups excluding carboxylic acids is 2. The Morgan fingerprint density at radius 2 is 1.76 bits per heavy atom. The van der Waals surface area contributed by atoms with E-state index in [2.05, 4.69) is 34.2 Å². The summed E-state index contributed by atoms with van der Waals surface area (Å²) in [7, 11) is 0. The molecule has 0 heterocycles. The lowest BCUT2D eigenvalue weighted by Crippen LogP contribution is -2.49. The van der Waals surface area contributed by atoms with E-state index in [1.165, 1.54) is 5.56 Å². The van der Waals surface area contributed by atoms with Gasteiger partial charge in [-0.3, -0.25) is 9.59 Å². The molecule has 5 heteroatoms. The van der Waals surface area contributed by atoms with Gasteiger partial charge in [0.05, 0.1) is 6.42 Å². The zero-order valence-corrected chi connectivity index (χ0v) is 19.5. The second-order valence-electron chi connectivity index (χ2n) is 7.74. The first-order chi connectivity index (χ1) is 13.7. The van der Waals surface area contributed by atoms with Gasteiger partial charge in [-0.25, -0.2) is 0 Å². The molecule has 0 aromatic heterocycles. The number of benzene rings is 2. The van der Waals surface area contributed by atoms with Crippen molar-refractivity contribution in [2.45, 2.75) is 66.1 Å². The van der Waals surface area contributed by atoms with Crippen molar-refractivity contribution in [1.82, 2.24) is 10.2 Å². The Bertz CT molecular complexity index is 866. The van der Waals surface area contributed by atoms with Gasteiger partial charge in [-0.15, -0.1) is 0 Å². The fourth-order valence-electron chi connectivity index (χ4n) is 3.07. The van der Waals surface area contributed by atoms with Crippen LogP contribution in [0.15, 0.2) is 46.9 Å². The fourth-order valence-corrected chi connectivity index (χ4v) is 3.52. The van der Waals surface area contributed by atoms with Crippen molar-refractivity contribution in [3.05, 3.63) is 69.2 Å². The second kappa shape index (κ2) is 10.6. The van der Waals surface area contributed by atoms with Gasteiger partial charge in [0.2, 0.25) is 11.8 Å². The predicted molar refractivity (Wildman–Crippen MR) is 122 cm³/mol. The number of amides is 2. The van der Waals surface area contributed by atoms with Crippen molar-refractivity contribution in [2.75, 3.05) is 0 Å². The summed E-state index contributed by atoms with van der Waals surface area (Å²) in [6.45, 7) is 10.3. The van der Waals surface area contributed by atoms with E-state index in [1.807, 2.05) is 57.2 Å². The summed E-state index contributed by atoms with van der Waals surface area (Å²) in [5, 5.41) is 3.00. The van der Waals surface area contributed by atoms with Crippen LogP contribution < -0.4 is 5.32 Å². The topological polar surface area (TPSA) is 49.4 Å². The lowest BCUT2D eigenvalue weighted by Gasteiger charge is -2.30. The maximum Gasteiger partial charge on any atom is 0.242 e. The quantitative estimate of drug-likeness (QED) is 0.608. The van der Waals surface area contributed by atoms with Gasteiger partial charge in [0.15, 0.2) is 0 Å². The first kappa shape index (κ1) is 23.1. The van der Waals surface area contributed by atoms with Gasteiger partial charge in [0.25, 0.3) is 0 Å². The third-order valence-corrected chi connectivity index (χ3v) is 5.83. The van der Waals surface area contributed by atoms with Crippen molar-refractivity contribution in [2.24, 2.45) is 0 Å². The van der Waals surface area contributed by atoms with Gasteiger partial charge < -0.3 is 10.2 Å². The normalized spacial score (nSPS) is 12.9. The Hall–Kier alpha value is -2.14. The third kappa shape index (κ3) is 6.70. The molecule has 2 aromatic carbocycles. The largest absolute Gasteiger partial charge is 0.352 e. The SMILES string of the molecule is CC[C@H](C)NC(=O)[C@@H](C)N(Cc1cccc(Br)c1)C(=O)Cc1ccc(C)c(C)c1. The van der Waals surface area contributed by atoms with E-state index >= 15 is 0 Å². The van der Waals surface area contributed by atoms with Gasteiger partial charge >= 0.3 is 0 Å². The smallest absolute Gasteiger partial charge is 0.242 e. The van der Waals surface area contributed by atoms with Crippen LogP contribution in [0.1, 0.15) is 49.4 Å². The Labute approximate surface area is 182 Å². The average Bonchev–Trinajstić information content (AvgIpc) is 2.68. The number of rotatable bonds is 8. The molecule has 0 aliphatic carbocycles. The van der Waals surface area contributed by atoms with E-state index in [1.54, 1.807) is 11.8 Å². The third-order valence-electron chi connectivity index (χ3n) is 5.34. The molecular weight excluding hydrogens is 428 g/mol. The minimum absolute atomic E-state index is 0.0555. The maximum atomic E-state index is 13.2. The molecule has 2 aromatic rings. The Morgan fingerprint density at radius 3 is 2.38 bits per heavy atom. The molecule has 4 nitrogen and oxygen atoms in total. The van der Waals surface area contributed by atoms with Gasteiger partial charge in [-0.05, 0) is 68.5 Å². The maximum absolute atomic E-state index is 13.2. The van der Waals surface area contributed by atoms with Crippen molar-refractivity contribution >= 4 is 27.7 Å². The highest BCUT2D eigenvalue weighted by atomic mass is 79.9. The Balaban J connectivity index is 2.25. The van der Waals surface area contributed by atoms with Crippen molar-refractivity contribution in [3.63, 3.8) is 0 Å². The molecule has 0 saturated carbocycles. The molecule has 0 radical (unpaired) electrons. The highest BCUT2D eigenvalue weighted by Gasteiger charge is 2.27. The summed E-state index contributed by atoms with van der Waals surface area (Å²) in [6.07, 6.45) is 1.12. The molecule has 156 valence electrons.